The minimum Gasteiger partial charge on any atom is -0.481 e. The Labute approximate surface area is 94.1 Å². The van der Waals surface area contributed by atoms with E-state index in [1.54, 1.807) is 0 Å². The van der Waals surface area contributed by atoms with E-state index in [-0.39, 0.29) is 11.3 Å². The molecule has 0 radical (unpaired) electrons. The lowest BCUT2D eigenvalue weighted by molar-refractivity contribution is -0.154. The van der Waals surface area contributed by atoms with Crippen LogP contribution in [-0.2, 0) is 4.79 Å². The molecule has 0 bridgehead atoms. The predicted molar refractivity (Wildman–Crippen MR) is 63.8 cm³/mol. The first-order valence-corrected chi connectivity index (χ1v) is 5.74. The summed E-state index contributed by atoms with van der Waals surface area (Å²) in [5.41, 5.74) is -0.567. The van der Waals surface area contributed by atoms with Crippen molar-refractivity contribution in [1.82, 2.24) is 0 Å². The molecule has 2 unspecified atom stereocenters. The monoisotopic (exact) mass is 214 g/mol. The number of rotatable bonds is 4. The maximum absolute atomic E-state index is 11.4. The molecule has 0 saturated carbocycles. The summed E-state index contributed by atoms with van der Waals surface area (Å²) < 4.78 is 0. The van der Waals surface area contributed by atoms with E-state index in [1.807, 2.05) is 13.8 Å². The van der Waals surface area contributed by atoms with Gasteiger partial charge in [0.1, 0.15) is 0 Å². The smallest absolute Gasteiger partial charge is 0.309 e. The second-order valence-corrected chi connectivity index (χ2v) is 6.49. The average Bonchev–Trinajstić information content (AvgIpc) is 1.99. The van der Waals surface area contributed by atoms with Crippen molar-refractivity contribution in [2.75, 3.05) is 0 Å². The van der Waals surface area contributed by atoms with Crippen molar-refractivity contribution in [3.8, 4) is 0 Å². The standard InChI is InChI=1S/C13H26O2/c1-9(2)10(3)13(7,11(14)15)8-12(4,5)6/h9-10H,8H2,1-7H3,(H,14,15). The number of carboxylic acid groups (broad SMARTS) is 1. The summed E-state index contributed by atoms with van der Waals surface area (Å²) in [5.74, 6) is -0.0821. The molecule has 0 aliphatic heterocycles. The second-order valence-electron chi connectivity index (χ2n) is 6.49. The number of aliphatic carboxylic acids is 1. The quantitative estimate of drug-likeness (QED) is 0.772. The third-order valence-electron chi connectivity index (χ3n) is 3.39. The fraction of sp³-hybridized carbons (Fsp3) is 0.923. The van der Waals surface area contributed by atoms with E-state index in [0.29, 0.717) is 12.3 Å². The van der Waals surface area contributed by atoms with E-state index in [2.05, 4.69) is 34.6 Å². The van der Waals surface area contributed by atoms with Crippen molar-refractivity contribution < 1.29 is 9.90 Å². The number of carbonyl (C=O) groups is 1. The van der Waals surface area contributed by atoms with Gasteiger partial charge >= 0.3 is 5.97 Å². The predicted octanol–water partition coefficient (Wildman–Crippen LogP) is 3.81. The molecule has 1 N–H and O–H groups in total. The molecule has 0 heterocycles. The zero-order chi connectivity index (χ0) is 12.4. The highest BCUT2D eigenvalue weighted by Gasteiger charge is 2.42. The molecule has 0 fully saturated rings. The van der Waals surface area contributed by atoms with Gasteiger partial charge in [-0.1, -0.05) is 41.5 Å². The van der Waals surface area contributed by atoms with Crippen LogP contribution in [0.4, 0.5) is 0 Å². The topological polar surface area (TPSA) is 37.3 Å². The first-order valence-electron chi connectivity index (χ1n) is 5.74. The Morgan fingerprint density at radius 2 is 1.53 bits per heavy atom. The Morgan fingerprint density at radius 3 is 1.73 bits per heavy atom. The molecular weight excluding hydrogens is 188 g/mol. The molecule has 0 aliphatic rings. The molecule has 0 saturated heterocycles. The summed E-state index contributed by atoms with van der Waals surface area (Å²) in [6, 6.07) is 0. The number of carboxylic acids is 1. The van der Waals surface area contributed by atoms with E-state index >= 15 is 0 Å². The van der Waals surface area contributed by atoms with Crippen LogP contribution in [-0.4, -0.2) is 11.1 Å². The Bertz CT molecular complexity index is 225. The fourth-order valence-corrected chi connectivity index (χ4v) is 2.27. The summed E-state index contributed by atoms with van der Waals surface area (Å²) in [4.78, 5) is 11.4. The summed E-state index contributed by atoms with van der Waals surface area (Å²) >= 11 is 0. The lowest BCUT2D eigenvalue weighted by atomic mass is 9.65. The van der Waals surface area contributed by atoms with Gasteiger partial charge in [-0.3, -0.25) is 4.79 Å². The molecule has 2 atom stereocenters. The molecule has 0 aliphatic carbocycles. The highest BCUT2D eigenvalue weighted by atomic mass is 16.4. The Balaban J connectivity index is 4.99. The van der Waals surface area contributed by atoms with Crippen molar-refractivity contribution in [1.29, 1.82) is 0 Å². The summed E-state index contributed by atoms with van der Waals surface area (Å²) in [6.07, 6.45) is 0.717. The van der Waals surface area contributed by atoms with Gasteiger partial charge in [-0.25, -0.2) is 0 Å². The molecule has 0 aromatic rings. The maximum Gasteiger partial charge on any atom is 0.309 e. The Hall–Kier alpha value is -0.530. The molecule has 2 nitrogen and oxygen atoms in total. The Kier molecular flexibility index (Phi) is 4.38. The van der Waals surface area contributed by atoms with Gasteiger partial charge in [-0.05, 0) is 30.6 Å². The molecule has 2 heteroatoms. The van der Waals surface area contributed by atoms with Gasteiger partial charge < -0.3 is 5.11 Å². The number of hydrogen-bond donors (Lipinski definition) is 1. The molecule has 0 aromatic carbocycles. The van der Waals surface area contributed by atoms with Crippen molar-refractivity contribution in [2.24, 2.45) is 22.7 Å². The molecule has 90 valence electrons. The van der Waals surface area contributed by atoms with Crippen molar-refractivity contribution in [3.63, 3.8) is 0 Å². The van der Waals surface area contributed by atoms with Gasteiger partial charge in [-0.15, -0.1) is 0 Å². The highest BCUT2D eigenvalue weighted by Crippen LogP contribution is 2.42. The van der Waals surface area contributed by atoms with Crippen LogP contribution in [0.5, 0.6) is 0 Å². The van der Waals surface area contributed by atoms with Gasteiger partial charge in [0.15, 0.2) is 0 Å². The first-order chi connectivity index (χ1) is 6.50. The first kappa shape index (κ1) is 14.5. The van der Waals surface area contributed by atoms with Crippen LogP contribution in [0.25, 0.3) is 0 Å². The normalized spacial score (nSPS) is 18.7. The van der Waals surface area contributed by atoms with Gasteiger partial charge in [-0.2, -0.15) is 0 Å². The van der Waals surface area contributed by atoms with Gasteiger partial charge in [0.25, 0.3) is 0 Å². The van der Waals surface area contributed by atoms with Crippen LogP contribution in [0.2, 0.25) is 0 Å². The maximum atomic E-state index is 11.4. The highest BCUT2D eigenvalue weighted by molar-refractivity contribution is 5.74. The van der Waals surface area contributed by atoms with Crippen LogP contribution < -0.4 is 0 Å². The molecule has 15 heavy (non-hydrogen) atoms. The minimum atomic E-state index is -0.668. The van der Waals surface area contributed by atoms with Gasteiger partial charge in [0.05, 0.1) is 5.41 Å². The van der Waals surface area contributed by atoms with Crippen LogP contribution in [0.15, 0.2) is 0 Å². The third-order valence-corrected chi connectivity index (χ3v) is 3.39. The van der Waals surface area contributed by atoms with Gasteiger partial charge in [0, 0.05) is 0 Å². The van der Waals surface area contributed by atoms with E-state index in [1.165, 1.54) is 0 Å². The molecular formula is C13H26O2. The van der Waals surface area contributed by atoms with Crippen molar-refractivity contribution in [2.45, 2.75) is 54.9 Å². The largest absolute Gasteiger partial charge is 0.481 e. The van der Waals surface area contributed by atoms with E-state index in [0.717, 1.165) is 0 Å². The van der Waals surface area contributed by atoms with E-state index in [4.69, 9.17) is 0 Å². The van der Waals surface area contributed by atoms with Crippen LogP contribution in [0.1, 0.15) is 54.9 Å². The fourth-order valence-electron chi connectivity index (χ4n) is 2.27. The van der Waals surface area contributed by atoms with Crippen molar-refractivity contribution in [3.05, 3.63) is 0 Å². The second kappa shape index (κ2) is 4.54. The zero-order valence-corrected chi connectivity index (χ0v) is 11.2. The lowest BCUT2D eigenvalue weighted by Gasteiger charge is -2.38. The van der Waals surface area contributed by atoms with E-state index < -0.39 is 11.4 Å². The summed E-state index contributed by atoms with van der Waals surface area (Å²) in [7, 11) is 0. The SMILES string of the molecule is CC(C)C(C)C(C)(CC(C)(C)C)C(=O)O. The minimum absolute atomic E-state index is 0.0519. The van der Waals surface area contributed by atoms with Crippen molar-refractivity contribution >= 4 is 5.97 Å². The molecule has 0 rings (SSSR count). The van der Waals surface area contributed by atoms with Crippen LogP contribution >= 0.6 is 0 Å². The Morgan fingerprint density at radius 1 is 1.13 bits per heavy atom. The number of hydrogen-bond acceptors (Lipinski definition) is 1. The van der Waals surface area contributed by atoms with Crippen LogP contribution in [0, 0.1) is 22.7 Å². The molecule has 0 aromatic heterocycles. The molecule has 0 spiro atoms. The average molecular weight is 214 g/mol. The van der Waals surface area contributed by atoms with E-state index in [9.17, 15) is 9.90 Å². The summed E-state index contributed by atoms with van der Waals surface area (Å²) in [6.45, 7) is 14.4. The lowest BCUT2D eigenvalue weighted by Crippen LogP contribution is -2.40. The summed E-state index contributed by atoms with van der Waals surface area (Å²) in [5, 5.41) is 9.42. The van der Waals surface area contributed by atoms with Crippen LogP contribution in [0.3, 0.4) is 0 Å². The van der Waals surface area contributed by atoms with Gasteiger partial charge in [0.2, 0.25) is 0 Å². The zero-order valence-electron chi connectivity index (χ0n) is 11.2. The third kappa shape index (κ3) is 3.84. The molecule has 0 amide bonds.